The zero-order valence-electron chi connectivity index (χ0n) is 9.78. The van der Waals surface area contributed by atoms with E-state index in [0.29, 0.717) is 18.5 Å². The Morgan fingerprint density at radius 3 is 2.73 bits per heavy atom. The topological polar surface area (TPSA) is 53.0 Å². The monoisotopic (exact) mass is 209 g/mol. The van der Waals surface area contributed by atoms with E-state index in [1.165, 1.54) is 25.7 Å². The molecule has 1 fully saturated rings. The van der Waals surface area contributed by atoms with E-state index >= 15 is 0 Å². The number of nitrogens with two attached hydrogens (primary N) is 1. The normalized spacial score (nSPS) is 27.3. The molecule has 0 aliphatic heterocycles. The van der Waals surface area contributed by atoms with Crippen LogP contribution in [-0.2, 0) is 0 Å². The second-order valence-corrected chi connectivity index (χ2v) is 4.41. The average molecular weight is 209 g/mol. The van der Waals surface area contributed by atoms with Crippen molar-refractivity contribution in [2.45, 2.75) is 57.5 Å². The van der Waals surface area contributed by atoms with Crippen LogP contribution in [0.25, 0.3) is 0 Å². The van der Waals surface area contributed by atoms with Gasteiger partial charge in [0.1, 0.15) is 0 Å². The van der Waals surface area contributed by atoms with Gasteiger partial charge in [0, 0.05) is 25.0 Å². The maximum atomic E-state index is 8.62. The molecule has 0 saturated heterocycles. The molecule has 1 aliphatic carbocycles. The van der Waals surface area contributed by atoms with Gasteiger partial charge in [0.15, 0.2) is 0 Å². The summed E-state index contributed by atoms with van der Waals surface area (Å²) in [6, 6.07) is 3.04. The van der Waals surface area contributed by atoms with Crippen molar-refractivity contribution in [1.29, 1.82) is 5.26 Å². The summed E-state index contributed by atoms with van der Waals surface area (Å²) >= 11 is 0. The molecule has 0 bridgehead atoms. The second kappa shape index (κ2) is 6.81. The van der Waals surface area contributed by atoms with Gasteiger partial charge in [0.25, 0.3) is 0 Å². The van der Waals surface area contributed by atoms with Crippen LogP contribution in [0.5, 0.6) is 0 Å². The third-order valence-corrected chi connectivity index (χ3v) is 3.42. The quantitative estimate of drug-likeness (QED) is 0.719. The number of nitrogens with zero attached hydrogens (tertiary/aromatic N) is 2. The Balaban J connectivity index is 2.51. The summed E-state index contributed by atoms with van der Waals surface area (Å²) in [7, 11) is 0. The summed E-state index contributed by atoms with van der Waals surface area (Å²) in [4.78, 5) is 2.39. The number of nitriles is 1. The number of hydrogen-bond acceptors (Lipinski definition) is 3. The molecule has 1 rings (SSSR count). The zero-order chi connectivity index (χ0) is 11.1. The minimum absolute atomic E-state index is 0.311. The van der Waals surface area contributed by atoms with Crippen molar-refractivity contribution >= 4 is 0 Å². The highest BCUT2D eigenvalue weighted by atomic mass is 15.2. The second-order valence-electron chi connectivity index (χ2n) is 4.41. The lowest BCUT2D eigenvalue weighted by molar-refractivity contribution is 0.174. The predicted molar refractivity (Wildman–Crippen MR) is 62.3 cm³/mol. The van der Waals surface area contributed by atoms with Gasteiger partial charge in [0.05, 0.1) is 6.07 Å². The lowest BCUT2D eigenvalue weighted by Crippen LogP contribution is -2.47. The molecule has 86 valence electrons. The molecule has 1 aliphatic rings. The Morgan fingerprint density at radius 1 is 1.33 bits per heavy atom. The zero-order valence-corrected chi connectivity index (χ0v) is 9.78. The van der Waals surface area contributed by atoms with Crippen molar-refractivity contribution in [3.8, 4) is 6.07 Å². The van der Waals surface area contributed by atoms with Gasteiger partial charge in [0.2, 0.25) is 0 Å². The van der Waals surface area contributed by atoms with E-state index in [0.717, 1.165) is 19.5 Å². The third kappa shape index (κ3) is 3.81. The Labute approximate surface area is 93.2 Å². The van der Waals surface area contributed by atoms with Crippen molar-refractivity contribution in [1.82, 2.24) is 4.90 Å². The molecule has 0 heterocycles. The van der Waals surface area contributed by atoms with E-state index in [1.54, 1.807) is 0 Å². The van der Waals surface area contributed by atoms with Crippen molar-refractivity contribution in [3.05, 3.63) is 0 Å². The van der Waals surface area contributed by atoms with E-state index < -0.39 is 0 Å². The van der Waals surface area contributed by atoms with Gasteiger partial charge in [-0.3, -0.25) is 4.90 Å². The smallest absolute Gasteiger partial charge is 0.0635 e. The summed E-state index contributed by atoms with van der Waals surface area (Å²) in [6.45, 7) is 4.06. The van der Waals surface area contributed by atoms with Gasteiger partial charge in [-0.25, -0.2) is 0 Å². The van der Waals surface area contributed by atoms with Gasteiger partial charge < -0.3 is 5.73 Å². The third-order valence-electron chi connectivity index (χ3n) is 3.42. The van der Waals surface area contributed by atoms with Crippen LogP contribution in [-0.4, -0.2) is 30.1 Å². The first-order valence-electron chi connectivity index (χ1n) is 6.16. The van der Waals surface area contributed by atoms with Crippen LogP contribution < -0.4 is 5.73 Å². The van der Waals surface area contributed by atoms with Crippen molar-refractivity contribution in [3.63, 3.8) is 0 Å². The molecule has 0 aromatic carbocycles. The fraction of sp³-hybridized carbons (Fsp3) is 0.917. The molecule has 3 heteroatoms. The van der Waals surface area contributed by atoms with Crippen LogP contribution in [0.15, 0.2) is 0 Å². The van der Waals surface area contributed by atoms with Crippen molar-refractivity contribution in [2.75, 3.05) is 13.1 Å². The highest BCUT2D eigenvalue weighted by Gasteiger charge is 2.24. The lowest BCUT2D eigenvalue weighted by Gasteiger charge is -2.33. The Bertz CT molecular complexity index is 209. The van der Waals surface area contributed by atoms with Gasteiger partial charge >= 0.3 is 0 Å². The Kier molecular flexibility index (Phi) is 5.67. The van der Waals surface area contributed by atoms with Gasteiger partial charge in [-0.05, 0) is 19.4 Å². The first-order chi connectivity index (χ1) is 7.29. The lowest BCUT2D eigenvalue weighted by atomic mass is 10.0. The molecule has 0 aromatic heterocycles. The highest BCUT2D eigenvalue weighted by molar-refractivity contribution is 4.85. The molecule has 3 nitrogen and oxygen atoms in total. The van der Waals surface area contributed by atoms with E-state index in [1.807, 2.05) is 0 Å². The number of rotatable bonds is 4. The van der Waals surface area contributed by atoms with Crippen LogP contribution in [0.3, 0.4) is 0 Å². The fourth-order valence-corrected chi connectivity index (χ4v) is 2.52. The standard InChI is InChI=1S/C12H23N3/c1-2-15(10-6-9-13)12-8-5-3-4-7-11(12)14/h11-12H,2-8,10,14H2,1H3. The maximum absolute atomic E-state index is 8.62. The molecule has 0 spiro atoms. The van der Waals surface area contributed by atoms with Gasteiger partial charge in [-0.2, -0.15) is 5.26 Å². The minimum atomic E-state index is 0.311. The Hall–Kier alpha value is -0.590. The number of likely N-dealkylation sites (N-methyl/N-ethyl adjacent to an activating group) is 1. The van der Waals surface area contributed by atoms with Crippen LogP contribution in [0.2, 0.25) is 0 Å². The van der Waals surface area contributed by atoms with E-state index in [2.05, 4.69) is 17.9 Å². The maximum Gasteiger partial charge on any atom is 0.0635 e. The number of hydrogen-bond donors (Lipinski definition) is 1. The summed E-state index contributed by atoms with van der Waals surface area (Å²) in [6.07, 6.45) is 6.86. The Morgan fingerprint density at radius 2 is 2.07 bits per heavy atom. The molecule has 0 radical (unpaired) electrons. The average Bonchev–Trinajstić information content (AvgIpc) is 2.45. The first kappa shape index (κ1) is 12.5. The highest BCUT2D eigenvalue weighted by Crippen LogP contribution is 2.21. The molecule has 15 heavy (non-hydrogen) atoms. The van der Waals surface area contributed by atoms with Crippen molar-refractivity contribution < 1.29 is 0 Å². The minimum Gasteiger partial charge on any atom is -0.326 e. The predicted octanol–water partition coefficient (Wildman–Crippen LogP) is 1.88. The van der Waals surface area contributed by atoms with Gasteiger partial charge in [-0.15, -0.1) is 0 Å². The van der Waals surface area contributed by atoms with Crippen LogP contribution in [0, 0.1) is 11.3 Å². The molecule has 2 N–H and O–H groups in total. The molecular formula is C12H23N3. The molecule has 0 amide bonds. The summed E-state index contributed by atoms with van der Waals surface area (Å²) in [5, 5.41) is 8.62. The van der Waals surface area contributed by atoms with Crippen LogP contribution in [0.4, 0.5) is 0 Å². The molecule has 0 aromatic rings. The molecule has 2 unspecified atom stereocenters. The van der Waals surface area contributed by atoms with Crippen molar-refractivity contribution in [2.24, 2.45) is 5.73 Å². The molecular weight excluding hydrogens is 186 g/mol. The van der Waals surface area contributed by atoms with Gasteiger partial charge in [-0.1, -0.05) is 26.2 Å². The summed E-state index contributed by atoms with van der Waals surface area (Å²) < 4.78 is 0. The fourth-order valence-electron chi connectivity index (χ4n) is 2.52. The van der Waals surface area contributed by atoms with E-state index in [9.17, 15) is 0 Å². The summed E-state index contributed by atoms with van der Waals surface area (Å²) in [5.74, 6) is 0. The SMILES string of the molecule is CCN(CCC#N)C1CCCCCC1N. The van der Waals surface area contributed by atoms with E-state index in [-0.39, 0.29) is 0 Å². The first-order valence-corrected chi connectivity index (χ1v) is 6.16. The van der Waals surface area contributed by atoms with Crippen LogP contribution in [0.1, 0.15) is 45.4 Å². The van der Waals surface area contributed by atoms with E-state index in [4.69, 9.17) is 11.0 Å². The summed E-state index contributed by atoms with van der Waals surface area (Å²) in [5.41, 5.74) is 6.20. The van der Waals surface area contributed by atoms with Crippen LogP contribution >= 0.6 is 0 Å². The largest absolute Gasteiger partial charge is 0.326 e. The molecule has 2 atom stereocenters. The molecule has 1 saturated carbocycles.